The van der Waals surface area contributed by atoms with Gasteiger partial charge in [-0.3, -0.25) is 5.32 Å². The summed E-state index contributed by atoms with van der Waals surface area (Å²) < 4.78 is 2.88. The van der Waals surface area contributed by atoms with Gasteiger partial charge in [-0.1, -0.05) is 29.5 Å². The number of hydrogen-bond acceptors (Lipinski definition) is 6. The number of urea groups is 1. The van der Waals surface area contributed by atoms with Gasteiger partial charge in [-0.15, -0.1) is 21.5 Å². The second-order valence-corrected chi connectivity index (χ2v) is 7.51. The number of anilines is 2. The Morgan fingerprint density at radius 3 is 2.62 bits per heavy atom. The quantitative estimate of drug-likeness (QED) is 0.643. The molecule has 0 aliphatic rings. The van der Waals surface area contributed by atoms with E-state index in [1.165, 1.54) is 22.7 Å². The van der Waals surface area contributed by atoms with Crippen LogP contribution in [0.5, 0.6) is 0 Å². The van der Waals surface area contributed by atoms with Crippen molar-refractivity contribution in [1.82, 2.24) is 14.8 Å². The normalized spacial score (nSPS) is 10.6. The highest BCUT2D eigenvalue weighted by Gasteiger charge is 2.15. The second-order valence-electron chi connectivity index (χ2n) is 4.88. The van der Waals surface area contributed by atoms with Crippen molar-refractivity contribution in [3.05, 3.63) is 40.0 Å². The van der Waals surface area contributed by atoms with Crippen molar-refractivity contribution < 1.29 is 4.79 Å². The minimum absolute atomic E-state index is 0.348. The Balaban J connectivity index is 1.74. The number of nitrogens with zero attached hydrogens (tertiary/aromatic N) is 3. The molecule has 2 heterocycles. The third-order valence-corrected chi connectivity index (χ3v) is 5.87. The minimum Gasteiger partial charge on any atom is -0.327 e. The highest BCUT2D eigenvalue weighted by atomic mass is 32.1. The molecule has 0 unspecified atom stereocenters. The maximum Gasteiger partial charge on any atom is 0.325 e. The number of amides is 2. The van der Waals surface area contributed by atoms with Crippen LogP contribution in [-0.4, -0.2) is 20.8 Å². The number of carbonyl (C=O) groups excluding carboxylic acids is 1. The Hall–Kier alpha value is -2.10. The summed E-state index contributed by atoms with van der Waals surface area (Å²) in [6, 6.07) is 8.88. The van der Waals surface area contributed by atoms with Gasteiger partial charge in [0.1, 0.15) is 0 Å². The largest absolute Gasteiger partial charge is 0.327 e. The zero-order chi connectivity index (χ0) is 17.1. The van der Waals surface area contributed by atoms with Gasteiger partial charge >= 0.3 is 6.03 Å². The molecule has 6 nitrogen and oxygen atoms in total. The number of hydrogen-bond donors (Lipinski definition) is 2. The average molecular weight is 378 g/mol. The van der Waals surface area contributed by atoms with Crippen LogP contribution in [0.4, 0.5) is 15.6 Å². The van der Waals surface area contributed by atoms with Gasteiger partial charge in [0.25, 0.3) is 0 Å². The molecule has 0 atom stereocenters. The van der Waals surface area contributed by atoms with E-state index in [-0.39, 0.29) is 6.03 Å². The summed E-state index contributed by atoms with van der Waals surface area (Å²) in [5.74, 6) is 0. The van der Waals surface area contributed by atoms with Gasteiger partial charge in [0.15, 0.2) is 8.96 Å². The smallest absolute Gasteiger partial charge is 0.325 e. The van der Waals surface area contributed by atoms with Crippen LogP contribution in [0, 0.1) is 10.9 Å². The lowest BCUT2D eigenvalue weighted by molar-refractivity contribution is 0.262. The van der Waals surface area contributed by atoms with E-state index in [2.05, 4.69) is 32.3 Å². The number of rotatable bonds is 4. The van der Waals surface area contributed by atoms with Crippen molar-refractivity contribution in [3.8, 4) is 9.88 Å². The van der Waals surface area contributed by atoms with Gasteiger partial charge < -0.3 is 9.88 Å². The fourth-order valence-electron chi connectivity index (χ4n) is 2.19. The molecular formula is C15H15N5OS3. The topological polar surface area (TPSA) is 71.8 Å². The first kappa shape index (κ1) is 16.7. The van der Waals surface area contributed by atoms with Crippen LogP contribution >= 0.6 is 34.9 Å². The van der Waals surface area contributed by atoms with Gasteiger partial charge in [-0.2, -0.15) is 0 Å². The lowest BCUT2D eigenvalue weighted by Gasteiger charge is -2.04. The summed E-state index contributed by atoms with van der Waals surface area (Å²) in [4.78, 5) is 13.0. The predicted molar refractivity (Wildman–Crippen MR) is 102 cm³/mol. The number of thiazole rings is 1. The lowest BCUT2D eigenvalue weighted by atomic mass is 10.3. The van der Waals surface area contributed by atoms with Gasteiger partial charge in [-0.05, 0) is 38.2 Å². The zero-order valence-electron chi connectivity index (χ0n) is 13.1. The fraction of sp³-hybridized carbons (Fsp3) is 0.200. The number of para-hydroxylation sites is 1. The summed E-state index contributed by atoms with van der Waals surface area (Å²) in [5, 5.41) is 14.9. The standard InChI is InChI=1S/C15H15N5OS3/c1-3-20-9(2)11(23-15(20)22)12-18-19-14(24-12)17-13(21)16-10-7-5-4-6-8-10/h4-8H,3H2,1-2H3,(H2,16,17,19,21). The molecule has 0 aliphatic heterocycles. The number of aromatic nitrogens is 3. The third-order valence-electron chi connectivity index (χ3n) is 3.33. The first-order chi connectivity index (χ1) is 11.6. The second kappa shape index (κ2) is 7.20. The molecule has 9 heteroatoms. The molecule has 0 aliphatic carbocycles. The summed E-state index contributed by atoms with van der Waals surface area (Å²) >= 11 is 8.21. The van der Waals surface area contributed by atoms with Crippen LogP contribution in [0.1, 0.15) is 12.6 Å². The average Bonchev–Trinajstić information content (AvgIpc) is 3.12. The van der Waals surface area contributed by atoms with E-state index in [1.54, 1.807) is 0 Å². The maximum atomic E-state index is 12.0. The van der Waals surface area contributed by atoms with Gasteiger partial charge in [0.2, 0.25) is 5.13 Å². The van der Waals surface area contributed by atoms with E-state index in [0.717, 1.165) is 26.1 Å². The summed E-state index contributed by atoms with van der Waals surface area (Å²) in [5.41, 5.74) is 1.79. The predicted octanol–water partition coefficient (Wildman–Crippen LogP) is 4.77. The van der Waals surface area contributed by atoms with Gasteiger partial charge in [0, 0.05) is 17.9 Å². The molecule has 0 radical (unpaired) electrons. The SMILES string of the molecule is CCn1c(C)c(-c2nnc(NC(=O)Nc3ccccc3)s2)sc1=S. The Labute approximate surface area is 152 Å². The van der Waals surface area contributed by atoms with E-state index >= 15 is 0 Å². The Morgan fingerprint density at radius 2 is 1.96 bits per heavy atom. The molecule has 0 bridgehead atoms. The van der Waals surface area contributed by atoms with E-state index < -0.39 is 0 Å². The summed E-state index contributed by atoms with van der Waals surface area (Å²) in [7, 11) is 0. The summed E-state index contributed by atoms with van der Waals surface area (Å²) in [6.07, 6.45) is 0. The molecule has 2 amide bonds. The Morgan fingerprint density at radius 1 is 1.21 bits per heavy atom. The number of benzene rings is 1. The molecule has 0 saturated carbocycles. The summed E-state index contributed by atoms with van der Waals surface area (Å²) in [6.45, 7) is 4.90. The van der Waals surface area contributed by atoms with Crippen LogP contribution in [0.15, 0.2) is 30.3 Å². The monoisotopic (exact) mass is 377 g/mol. The lowest BCUT2D eigenvalue weighted by Crippen LogP contribution is -2.19. The minimum atomic E-state index is -0.348. The van der Waals surface area contributed by atoms with Crippen LogP contribution in [0.3, 0.4) is 0 Å². The third kappa shape index (κ3) is 3.53. The van der Waals surface area contributed by atoms with Crippen LogP contribution < -0.4 is 10.6 Å². The molecular weight excluding hydrogens is 362 g/mol. The maximum absolute atomic E-state index is 12.0. The van der Waals surface area contributed by atoms with E-state index in [4.69, 9.17) is 12.2 Å². The van der Waals surface area contributed by atoms with Crippen molar-refractivity contribution in [2.75, 3.05) is 10.6 Å². The number of nitrogens with one attached hydrogen (secondary N) is 2. The molecule has 3 rings (SSSR count). The van der Waals surface area contributed by atoms with Gasteiger partial charge in [0.05, 0.1) is 4.88 Å². The van der Waals surface area contributed by atoms with E-state index in [9.17, 15) is 4.79 Å². The first-order valence-electron chi connectivity index (χ1n) is 7.25. The molecule has 0 fully saturated rings. The Kier molecular flexibility index (Phi) is 5.03. The van der Waals surface area contributed by atoms with Crippen molar-refractivity contribution >= 4 is 51.7 Å². The fourth-order valence-corrected chi connectivity index (χ4v) is 4.62. The van der Waals surface area contributed by atoms with Crippen molar-refractivity contribution in [3.63, 3.8) is 0 Å². The first-order valence-corrected chi connectivity index (χ1v) is 9.29. The molecule has 124 valence electrons. The molecule has 2 N–H and O–H groups in total. The van der Waals surface area contributed by atoms with E-state index in [0.29, 0.717) is 10.8 Å². The number of carbonyl (C=O) groups is 1. The molecule has 2 aromatic heterocycles. The molecule has 24 heavy (non-hydrogen) atoms. The van der Waals surface area contributed by atoms with E-state index in [1.807, 2.05) is 37.3 Å². The Bertz CT molecular complexity index is 913. The van der Waals surface area contributed by atoms with Crippen molar-refractivity contribution in [2.24, 2.45) is 0 Å². The molecule has 1 aromatic carbocycles. The van der Waals surface area contributed by atoms with Crippen molar-refractivity contribution in [1.29, 1.82) is 0 Å². The highest BCUT2D eigenvalue weighted by Crippen LogP contribution is 2.34. The molecule has 3 aromatic rings. The molecule has 0 saturated heterocycles. The zero-order valence-corrected chi connectivity index (χ0v) is 15.5. The van der Waals surface area contributed by atoms with Crippen LogP contribution in [0.25, 0.3) is 9.88 Å². The molecule has 0 spiro atoms. The van der Waals surface area contributed by atoms with Crippen LogP contribution in [-0.2, 0) is 6.54 Å². The van der Waals surface area contributed by atoms with Crippen molar-refractivity contribution in [2.45, 2.75) is 20.4 Å². The highest BCUT2D eigenvalue weighted by molar-refractivity contribution is 7.73. The van der Waals surface area contributed by atoms with Gasteiger partial charge in [-0.25, -0.2) is 4.79 Å². The van der Waals surface area contributed by atoms with Crippen LogP contribution in [0.2, 0.25) is 0 Å².